The molecular formula is C25H24N2O6. The average molecular weight is 448 g/mol. The van der Waals surface area contributed by atoms with Gasteiger partial charge in [-0.15, -0.1) is 0 Å². The highest BCUT2D eigenvalue weighted by atomic mass is 16.5. The first kappa shape index (κ1) is 23.3. The average Bonchev–Trinajstić information content (AvgIpc) is 2.84. The van der Waals surface area contributed by atoms with Crippen LogP contribution >= 0.6 is 0 Å². The van der Waals surface area contributed by atoms with Gasteiger partial charge in [-0.3, -0.25) is 14.4 Å². The zero-order valence-corrected chi connectivity index (χ0v) is 18.1. The van der Waals surface area contributed by atoms with Crippen LogP contribution in [0.4, 0.5) is 11.4 Å². The summed E-state index contributed by atoms with van der Waals surface area (Å²) in [5, 5.41) is 5.31. The van der Waals surface area contributed by atoms with Gasteiger partial charge in [0.25, 0.3) is 5.91 Å². The van der Waals surface area contributed by atoms with Gasteiger partial charge < -0.3 is 24.8 Å². The molecule has 0 fully saturated rings. The standard InChI is InChI=1S/C25H24N2O6/c1-31-20-11-13-22(14-12-20)33-21-9-7-19(8-10-21)26-23(28)15-16-25(30)32-17-24(29)27-18-5-3-2-4-6-18/h2-14H,15-17H2,1H3,(H,26,28)(H,27,29). The number of hydrogen-bond acceptors (Lipinski definition) is 6. The lowest BCUT2D eigenvalue weighted by atomic mass is 10.2. The number of methoxy groups -OCH3 is 1. The molecule has 0 aromatic heterocycles. The van der Waals surface area contributed by atoms with Crippen molar-refractivity contribution in [2.24, 2.45) is 0 Å². The van der Waals surface area contributed by atoms with E-state index >= 15 is 0 Å². The van der Waals surface area contributed by atoms with Crippen molar-refractivity contribution in [2.75, 3.05) is 24.4 Å². The summed E-state index contributed by atoms with van der Waals surface area (Å²) in [7, 11) is 1.59. The second-order valence-electron chi connectivity index (χ2n) is 6.93. The molecule has 0 heterocycles. The summed E-state index contributed by atoms with van der Waals surface area (Å²) in [6.45, 7) is -0.412. The van der Waals surface area contributed by atoms with Gasteiger partial charge in [-0.05, 0) is 60.7 Å². The molecule has 0 unspecified atom stereocenters. The van der Waals surface area contributed by atoms with Crippen LogP contribution in [0.2, 0.25) is 0 Å². The zero-order chi connectivity index (χ0) is 23.5. The zero-order valence-electron chi connectivity index (χ0n) is 18.1. The van der Waals surface area contributed by atoms with E-state index in [-0.39, 0.29) is 18.7 Å². The maximum absolute atomic E-state index is 12.1. The van der Waals surface area contributed by atoms with Crippen molar-refractivity contribution in [3.63, 3.8) is 0 Å². The quantitative estimate of drug-likeness (QED) is 0.446. The lowest BCUT2D eigenvalue weighted by molar-refractivity contribution is -0.147. The third kappa shape index (κ3) is 8.02. The van der Waals surface area contributed by atoms with E-state index in [0.717, 1.165) is 5.75 Å². The summed E-state index contributed by atoms with van der Waals surface area (Å²) in [6, 6.07) is 22.8. The van der Waals surface area contributed by atoms with Crippen LogP contribution in [0.1, 0.15) is 12.8 Å². The van der Waals surface area contributed by atoms with E-state index in [1.807, 2.05) is 6.07 Å². The van der Waals surface area contributed by atoms with Crippen molar-refractivity contribution < 1.29 is 28.6 Å². The number of esters is 1. The monoisotopic (exact) mass is 448 g/mol. The van der Waals surface area contributed by atoms with Crippen LogP contribution in [-0.2, 0) is 19.1 Å². The maximum Gasteiger partial charge on any atom is 0.306 e. The van der Waals surface area contributed by atoms with Crippen molar-refractivity contribution in [2.45, 2.75) is 12.8 Å². The van der Waals surface area contributed by atoms with E-state index in [9.17, 15) is 14.4 Å². The molecule has 3 aromatic rings. The number of nitrogens with one attached hydrogen (secondary N) is 2. The van der Waals surface area contributed by atoms with Crippen LogP contribution in [-0.4, -0.2) is 31.5 Å². The van der Waals surface area contributed by atoms with Gasteiger partial charge in [0.2, 0.25) is 5.91 Å². The van der Waals surface area contributed by atoms with Crippen LogP contribution in [0.5, 0.6) is 17.2 Å². The molecule has 170 valence electrons. The molecule has 0 aliphatic heterocycles. The fourth-order valence-electron chi connectivity index (χ4n) is 2.76. The van der Waals surface area contributed by atoms with Crippen molar-refractivity contribution in [1.82, 2.24) is 0 Å². The lowest BCUT2D eigenvalue weighted by Gasteiger charge is -2.09. The van der Waals surface area contributed by atoms with Gasteiger partial charge in [-0.2, -0.15) is 0 Å². The van der Waals surface area contributed by atoms with E-state index in [1.165, 1.54) is 0 Å². The van der Waals surface area contributed by atoms with Crippen LogP contribution in [0.3, 0.4) is 0 Å². The van der Waals surface area contributed by atoms with E-state index in [0.29, 0.717) is 22.9 Å². The molecule has 3 rings (SSSR count). The number of hydrogen-bond donors (Lipinski definition) is 2. The summed E-state index contributed by atoms with van der Waals surface area (Å²) >= 11 is 0. The van der Waals surface area contributed by atoms with Gasteiger partial charge in [0.1, 0.15) is 17.2 Å². The summed E-state index contributed by atoms with van der Waals surface area (Å²) in [5.74, 6) is 0.580. The summed E-state index contributed by atoms with van der Waals surface area (Å²) < 4.78 is 15.8. The molecular weight excluding hydrogens is 424 g/mol. The Kier molecular flexibility index (Phi) is 8.41. The number of carbonyl (C=O) groups excluding carboxylic acids is 3. The van der Waals surface area contributed by atoms with Gasteiger partial charge >= 0.3 is 5.97 Å². The van der Waals surface area contributed by atoms with Crippen molar-refractivity contribution >= 4 is 29.2 Å². The number of rotatable bonds is 10. The highest BCUT2D eigenvalue weighted by Gasteiger charge is 2.11. The Labute approximate surface area is 191 Å². The minimum Gasteiger partial charge on any atom is -0.497 e. The van der Waals surface area contributed by atoms with Crippen molar-refractivity contribution in [3.8, 4) is 17.2 Å². The number of carbonyl (C=O) groups is 3. The molecule has 0 aliphatic carbocycles. The number of para-hydroxylation sites is 1. The molecule has 8 nitrogen and oxygen atoms in total. The Balaban J connectivity index is 1.36. The third-order valence-corrected chi connectivity index (χ3v) is 4.41. The first-order valence-electron chi connectivity index (χ1n) is 10.2. The third-order valence-electron chi connectivity index (χ3n) is 4.41. The lowest BCUT2D eigenvalue weighted by Crippen LogP contribution is -2.21. The largest absolute Gasteiger partial charge is 0.497 e. The van der Waals surface area contributed by atoms with Gasteiger partial charge in [-0.25, -0.2) is 0 Å². The molecule has 2 amide bonds. The van der Waals surface area contributed by atoms with E-state index in [1.54, 1.807) is 79.9 Å². The Morgan fingerprint density at radius 2 is 1.21 bits per heavy atom. The van der Waals surface area contributed by atoms with Gasteiger partial charge in [-0.1, -0.05) is 18.2 Å². The molecule has 8 heteroatoms. The first-order valence-corrected chi connectivity index (χ1v) is 10.2. The molecule has 0 atom stereocenters. The van der Waals surface area contributed by atoms with Gasteiger partial charge in [0.15, 0.2) is 6.61 Å². The Morgan fingerprint density at radius 3 is 1.85 bits per heavy atom. The van der Waals surface area contributed by atoms with Crippen LogP contribution in [0, 0.1) is 0 Å². The Morgan fingerprint density at radius 1 is 0.667 bits per heavy atom. The summed E-state index contributed by atoms with van der Waals surface area (Å²) in [6.07, 6.45) is -0.202. The smallest absolute Gasteiger partial charge is 0.306 e. The van der Waals surface area contributed by atoms with Crippen molar-refractivity contribution in [1.29, 1.82) is 0 Å². The molecule has 0 bridgehead atoms. The molecule has 33 heavy (non-hydrogen) atoms. The number of ether oxygens (including phenoxy) is 3. The minimum absolute atomic E-state index is 0.0662. The molecule has 0 saturated heterocycles. The second-order valence-corrected chi connectivity index (χ2v) is 6.93. The molecule has 0 saturated carbocycles. The van der Waals surface area contributed by atoms with Crippen molar-refractivity contribution in [3.05, 3.63) is 78.9 Å². The Hall–Kier alpha value is -4.33. The minimum atomic E-state index is -0.628. The first-order chi connectivity index (χ1) is 16.0. The number of amides is 2. The molecule has 3 aromatic carbocycles. The predicted octanol–water partition coefficient (Wildman–Crippen LogP) is 4.39. The normalized spacial score (nSPS) is 10.1. The summed E-state index contributed by atoms with van der Waals surface area (Å²) in [4.78, 5) is 35.7. The number of anilines is 2. The molecule has 0 radical (unpaired) electrons. The summed E-state index contributed by atoms with van der Waals surface area (Å²) in [5.41, 5.74) is 1.18. The highest BCUT2D eigenvalue weighted by molar-refractivity contribution is 5.94. The fourth-order valence-corrected chi connectivity index (χ4v) is 2.76. The van der Waals surface area contributed by atoms with E-state index < -0.39 is 18.5 Å². The second kappa shape index (κ2) is 11.9. The van der Waals surface area contributed by atoms with E-state index in [4.69, 9.17) is 14.2 Å². The predicted molar refractivity (Wildman–Crippen MR) is 123 cm³/mol. The van der Waals surface area contributed by atoms with Crippen LogP contribution in [0.15, 0.2) is 78.9 Å². The SMILES string of the molecule is COc1ccc(Oc2ccc(NC(=O)CCC(=O)OCC(=O)Nc3ccccc3)cc2)cc1. The topological polar surface area (TPSA) is 103 Å². The van der Waals surface area contributed by atoms with Gasteiger partial charge in [0, 0.05) is 17.8 Å². The Bertz CT molecular complexity index is 1070. The van der Waals surface area contributed by atoms with Gasteiger partial charge in [0.05, 0.1) is 13.5 Å². The highest BCUT2D eigenvalue weighted by Crippen LogP contribution is 2.25. The molecule has 0 spiro atoms. The molecule has 0 aliphatic rings. The number of benzene rings is 3. The van der Waals surface area contributed by atoms with E-state index in [2.05, 4.69) is 10.6 Å². The fraction of sp³-hybridized carbons (Fsp3) is 0.160. The van der Waals surface area contributed by atoms with Crippen LogP contribution < -0.4 is 20.1 Å². The van der Waals surface area contributed by atoms with Crippen LogP contribution in [0.25, 0.3) is 0 Å². The molecule has 2 N–H and O–H groups in total. The maximum atomic E-state index is 12.1.